The highest BCUT2D eigenvalue weighted by molar-refractivity contribution is 7.14. The van der Waals surface area contributed by atoms with Gasteiger partial charge in [0.25, 0.3) is 5.91 Å². The van der Waals surface area contributed by atoms with Crippen molar-refractivity contribution in [3.05, 3.63) is 70.1 Å². The molecule has 0 radical (unpaired) electrons. The van der Waals surface area contributed by atoms with Gasteiger partial charge in [-0.1, -0.05) is 30.3 Å². The van der Waals surface area contributed by atoms with E-state index in [0.29, 0.717) is 17.1 Å². The largest absolute Gasteiger partial charge is 0.448 e. The van der Waals surface area contributed by atoms with E-state index in [0.717, 1.165) is 29.7 Å². The van der Waals surface area contributed by atoms with Crippen LogP contribution in [0, 0.1) is 0 Å². The SMILES string of the molecule is O=C1O[C@@H](C(=O)Nc2nc(-c3ccc4c(c3)CCCC4)cs2)Cc2ccccc21. The van der Waals surface area contributed by atoms with Crippen molar-refractivity contribution in [1.82, 2.24) is 4.98 Å². The molecule has 5 rings (SSSR count). The summed E-state index contributed by atoms with van der Waals surface area (Å²) in [5, 5.41) is 5.27. The van der Waals surface area contributed by atoms with Crippen molar-refractivity contribution in [3.63, 3.8) is 0 Å². The molecule has 0 spiro atoms. The van der Waals surface area contributed by atoms with Gasteiger partial charge in [0.05, 0.1) is 11.3 Å². The lowest BCUT2D eigenvalue weighted by Crippen LogP contribution is -2.37. The lowest BCUT2D eigenvalue weighted by atomic mass is 9.90. The van der Waals surface area contributed by atoms with E-state index < -0.39 is 12.1 Å². The van der Waals surface area contributed by atoms with Crippen molar-refractivity contribution in [2.75, 3.05) is 5.32 Å². The predicted molar refractivity (Wildman–Crippen MR) is 112 cm³/mol. The molecule has 0 unspecified atom stereocenters. The summed E-state index contributed by atoms with van der Waals surface area (Å²) in [4.78, 5) is 29.4. The zero-order chi connectivity index (χ0) is 19.8. The Morgan fingerprint density at radius 2 is 1.90 bits per heavy atom. The first kappa shape index (κ1) is 18.1. The van der Waals surface area contributed by atoms with E-state index >= 15 is 0 Å². The molecular weight excluding hydrogens is 384 g/mol. The third kappa shape index (κ3) is 3.56. The number of carbonyl (C=O) groups excluding carboxylic acids is 2. The first-order valence-electron chi connectivity index (χ1n) is 9.85. The minimum Gasteiger partial charge on any atom is -0.448 e. The summed E-state index contributed by atoms with van der Waals surface area (Å²) in [7, 11) is 0. The zero-order valence-electron chi connectivity index (χ0n) is 15.8. The number of thiazole rings is 1. The number of amides is 1. The summed E-state index contributed by atoms with van der Waals surface area (Å²) in [6.07, 6.45) is 4.29. The third-order valence-electron chi connectivity index (χ3n) is 5.56. The summed E-state index contributed by atoms with van der Waals surface area (Å²) >= 11 is 1.38. The van der Waals surface area contributed by atoms with E-state index in [2.05, 4.69) is 28.5 Å². The van der Waals surface area contributed by atoms with Crippen LogP contribution in [0.4, 0.5) is 5.13 Å². The highest BCUT2D eigenvalue weighted by Gasteiger charge is 2.31. The molecule has 29 heavy (non-hydrogen) atoms. The Morgan fingerprint density at radius 3 is 2.79 bits per heavy atom. The molecule has 0 saturated carbocycles. The Bertz CT molecular complexity index is 1110. The van der Waals surface area contributed by atoms with Crippen molar-refractivity contribution in [2.45, 2.75) is 38.2 Å². The second-order valence-electron chi connectivity index (χ2n) is 7.47. The van der Waals surface area contributed by atoms with E-state index in [1.807, 2.05) is 17.5 Å². The lowest BCUT2D eigenvalue weighted by molar-refractivity contribution is -0.125. The number of ether oxygens (including phenoxy) is 1. The fourth-order valence-corrected chi connectivity index (χ4v) is 4.74. The number of anilines is 1. The number of aryl methyl sites for hydroxylation is 2. The van der Waals surface area contributed by atoms with E-state index in [-0.39, 0.29) is 5.91 Å². The molecule has 0 bridgehead atoms. The summed E-state index contributed by atoms with van der Waals surface area (Å²) < 4.78 is 5.33. The minimum absolute atomic E-state index is 0.348. The number of cyclic esters (lactones) is 1. The van der Waals surface area contributed by atoms with E-state index in [1.165, 1.54) is 35.3 Å². The monoisotopic (exact) mass is 404 g/mol. The first-order chi connectivity index (χ1) is 14.2. The van der Waals surface area contributed by atoms with Crippen molar-refractivity contribution in [1.29, 1.82) is 0 Å². The molecule has 1 aliphatic carbocycles. The number of aromatic nitrogens is 1. The quantitative estimate of drug-likeness (QED) is 0.657. The van der Waals surface area contributed by atoms with Gasteiger partial charge in [-0.05, 0) is 54.5 Å². The van der Waals surface area contributed by atoms with Crippen LogP contribution >= 0.6 is 11.3 Å². The molecule has 2 aliphatic rings. The number of carbonyl (C=O) groups is 2. The Hall–Kier alpha value is -2.99. The van der Waals surface area contributed by atoms with Crippen LogP contribution in [0.15, 0.2) is 47.8 Å². The maximum Gasteiger partial charge on any atom is 0.339 e. The van der Waals surface area contributed by atoms with Crippen LogP contribution in [0.1, 0.15) is 39.9 Å². The van der Waals surface area contributed by atoms with Gasteiger partial charge in [-0.3, -0.25) is 10.1 Å². The van der Waals surface area contributed by atoms with Crippen LogP contribution in [-0.4, -0.2) is 23.0 Å². The first-order valence-corrected chi connectivity index (χ1v) is 10.7. The average molecular weight is 404 g/mol. The molecule has 3 aromatic rings. The molecule has 146 valence electrons. The van der Waals surface area contributed by atoms with Crippen LogP contribution < -0.4 is 5.32 Å². The Morgan fingerprint density at radius 1 is 1.07 bits per heavy atom. The highest BCUT2D eigenvalue weighted by atomic mass is 32.1. The molecule has 1 amide bonds. The number of rotatable bonds is 3. The van der Waals surface area contributed by atoms with Gasteiger partial charge in [-0.25, -0.2) is 9.78 Å². The number of hydrogen-bond acceptors (Lipinski definition) is 5. The Labute approximate surface area is 172 Å². The Balaban J connectivity index is 1.30. The number of nitrogens with zero attached hydrogens (tertiary/aromatic N) is 1. The highest BCUT2D eigenvalue weighted by Crippen LogP contribution is 2.30. The standard InChI is InChI=1S/C23H20N2O3S/c26-21(20-12-16-7-3-4-8-18(16)22(27)28-20)25-23-24-19(13-29-23)17-10-9-14-5-1-2-6-15(14)11-17/h3-4,7-11,13,20H,1-2,5-6,12H2,(H,24,25,26)/t20-/m1/s1. The van der Waals surface area contributed by atoms with Gasteiger partial charge >= 0.3 is 5.97 Å². The van der Waals surface area contributed by atoms with E-state index in [1.54, 1.807) is 12.1 Å². The molecule has 5 nitrogen and oxygen atoms in total. The van der Waals surface area contributed by atoms with E-state index in [4.69, 9.17) is 4.74 Å². The molecule has 1 aliphatic heterocycles. The molecule has 6 heteroatoms. The number of fused-ring (bicyclic) bond motifs is 2. The number of nitrogens with one attached hydrogen (secondary N) is 1. The second kappa shape index (κ2) is 7.44. The van der Waals surface area contributed by atoms with Crippen LogP contribution in [0.5, 0.6) is 0 Å². The normalized spacial score (nSPS) is 17.8. The molecule has 0 saturated heterocycles. The molecule has 0 fully saturated rings. The Kier molecular flexibility index (Phi) is 4.64. The maximum absolute atomic E-state index is 12.6. The van der Waals surface area contributed by atoms with Gasteiger partial charge in [-0.15, -0.1) is 11.3 Å². The second-order valence-corrected chi connectivity index (χ2v) is 8.33. The fourth-order valence-electron chi connectivity index (χ4n) is 4.02. The van der Waals surface area contributed by atoms with Crippen LogP contribution in [0.2, 0.25) is 0 Å². The summed E-state index contributed by atoms with van der Waals surface area (Å²) in [5.74, 6) is -0.805. The lowest BCUT2D eigenvalue weighted by Gasteiger charge is -2.23. The minimum atomic E-state index is -0.839. The van der Waals surface area contributed by atoms with Gasteiger partial charge in [0, 0.05) is 17.4 Å². The smallest absolute Gasteiger partial charge is 0.339 e. The van der Waals surface area contributed by atoms with Gasteiger partial charge < -0.3 is 4.74 Å². The van der Waals surface area contributed by atoms with Gasteiger partial charge in [0.2, 0.25) is 0 Å². The molecule has 1 atom stereocenters. The van der Waals surface area contributed by atoms with Crippen molar-refractivity contribution < 1.29 is 14.3 Å². The van der Waals surface area contributed by atoms with Gasteiger partial charge in [-0.2, -0.15) is 0 Å². The van der Waals surface area contributed by atoms with E-state index in [9.17, 15) is 9.59 Å². The number of esters is 1. The predicted octanol–water partition coefficient (Wildman–Crippen LogP) is 4.41. The molecule has 2 heterocycles. The molecular formula is C23H20N2O3S. The van der Waals surface area contributed by atoms with Crippen LogP contribution in [-0.2, 0) is 28.8 Å². The van der Waals surface area contributed by atoms with Crippen molar-refractivity contribution in [3.8, 4) is 11.3 Å². The van der Waals surface area contributed by atoms with Crippen LogP contribution in [0.25, 0.3) is 11.3 Å². The summed E-state index contributed by atoms with van der Waals surface area (Å²) in [6.45, 7) is 0. The third-order valence-corrected chi connectivity index (χ3v) is 6.32. The molecule has 1 N–H and O–H groups in total. The van der Waals surface area contributed by atoms with Crippen molar-refractivity contribution >= 4 is 28.3 Å². The fraction of sp³-hybridized carbons (Fsp3) is 0.261. The number of benzene rings is 2. The zero-order valence-corrected chi connectivity index (χ0v) is 16.6. The van der Waals surface area contributed by atoms with Crippen LogP contribution in [0.3, 0.4) is 0 Å². The average Bonchev–Trinajstić information content (AvgIpc) is 3.22. The summed E-state index contributed by atoms with van der Waals surface area (Å²) in [6, 6.07) is 13.7. The molecule has 1 aromatic heterocycles. The molecule has 2 aromatic carbocycles. The summed E-state index contributed by atoms with van der Waals surface area (Å²) in [5.41, 5.74) is 6.12. The number of hydrogen-bond donors (Lipinski definition) is 1. The maximum atomic E-state index is 12.6. The van der Waals surface area contributed by atoms with Gasteiger partial charge in [0.15, 0.2) is 11.2 Å². The topological polar surface area (TPSA) is 68.3 Å². The van der Waals surface area contributed by atoms with Crippen molar-refractivity contribution in [2.24, 2.45) is 0 Å². The van der Waals surface area contributed by atoms with Gasteiger partial charge in [0.1, 0.15) is 0 Å².